The van der Waals surface area contributed by atoms with Gasteiger partial charge in [-0.15, -0.1) is 11.3 Å². The minimum atomic E-state index is -0.226. The van der Waals surface area contributed by atoms with Crippen molar-refractivity contribution in [2.45, 2.75) is 25.9 Å². The second-order valence-corrected chi connectivity index (χ2v) is 5.06. The van der Waals surface area contributed by atoms with Crippen LogP contribution in [0.1, 0.15) is 18.7 Å². The van der Waals surface area contributed by atoms with Crippen molar-refractivity contribution in [2.75, 3.05) is 6.61 Å². The molecule has 1 rings (SSSR count). The lowest BCUT2D eigenvalue weighted by Crippen LogP contribution is -2.41. The zero-order valence-corrected chi connectivity index (χ0v) is 9.37. The Morgan fingerprint density at radius 3 is 2.77 bits per heavy atom. The van der Waals surface area contributed by atoms with Crippen LogP contribution in [0.3, 0.4) is 0 Å². The van der Waals surface area contributed by atoms with Gasteiger partial charge in [0.05, 0.1) is 11.6 Å². The number of thiophene rings is 1. The van der Waals surface area contributed by atoms with Crippen LogP contribution in [0.5, 0.6) is 0 Å². The largest absolute Gasteiger partial charge is 0.394 e. The standard InChI is InChI=1S/C9H14ClNOS/c1-9(2,6-12)11-4-8-3-7(10)5-13-8/h3,5,11-12H,4,6H2,1-2H3. The van der Waals surface area contributed by atoms with Crippen molar-refractivity contribution < 1.29 is 5.11 Å². The number of nitrogens with one attached hydrogen (secondary N) is 1. The van der Waals surface area contributed by atoms with E-state index in [1.165, 1.54) is 4.88 Å². The molecule has 2 nitrogen and oxygen atoms in total. The maximum absolute atomic E-state index is 8.99. The zero-order valence-electron chi connectivity index (χ0n) is 7.80. The topological polar surface area (TPSA) is 32.3 Å². The van der Waals surface area contributed by atoms with Gasteiger partial charge in [0.2, 0.25) is 0 Å². The second-order valence-electron chi connectivity index (χ2n) is 3.63. The van der Waals surface area contributed by atoms with Gasteiger partial charge in [-0.2, -0.15) is 0 Å². The fourth-order valence-electron chi connectivity index (χ4n) is 0.829. The van der Waals surface area contributed by atoms with Gasteiger partial charge in [0.1, 0.15) is 0 Å². The number of hydrogen-bond donors (Lipinski definition) is 2. The van der Waals surface area contributed by atoms with Crippen molar-refractivity contribution in [3.63, 3.8) is 0 Å². The number of aliphatic hydroxyl groups is 1. The maximum Gasteiger partial charge on any atom is 0.0607 e. The van der Waals surface area contributed by atoms with E-state index in [0.717, 1.165) is 11.6 Å². The van der Waals surface area contributed by atoms with Gasteiger partial charge in [-0.1, -0.05) is 11.6 Å². The highest BCUT2D eigenvalue weighted by Gasteiger charge is 2.14. The average molecular weight is 220 g/mol. The SMILES string of the molecule is CC(C)(CO)NCc1cc(Cl)cs1. The van der Waals surface area contributed by atoms with E-state index in [1.54, 1.807) is 11.3 Å². The molecule has 1 aromatic heterocycles. The third kappa shape index (κ3) is 3.65. The van der Waals surface area contributed by atoms with Crippen molar-refractivity contribution in [3.05, 3.63) is 21.3 Å². The molecule has 0 unspecified atom stereocenters. The molecule has 0 saturated heterocycles. The summed E-state index contributed by atoms with van der Waals surface area (Å²) in [5.41, 5.74) is -0.226. The summed E-state index contributed by atoms with van der Waals surface area (Å²) in [7, 11) is 0. The van der Waals surface area contributed by atoms with E-state index in [9.17, 15) is 0 Å². The molecular formula is C9H14ClNOS. The number of hydrogen-bond acceptors (Lipinski definition) is 3. The van der Waals surface area contributed by atoms with E-state index in [2.05, 4.69) is 5.32 Å². The van der Waals surface area contributed by atoms with Crippen LogP contribution in [0.25, 0.3) is 0 Å². The Hall–Kier alpha value is -0.0900. The molecule has 1 heterocycles. The fraction of sp³-hybridized carbons (Fsp3) is 0.556. The Morgan fingerprint density at radius 2 is 2.31 bits per heavy atom. The third-order valence-electron chi connectivity index (χ3n) is 1.76. The van der Waals surface area contributed by atoms with Gasteiger partial charge < -0.3 is 10.4 Å². The molecule has 0 aliphatic carbocycles. The minimum absolute atomic E-state index is 0.131. The van der Waals surface area contributed by atoms with Crippen LogP contribution in [0.4, 0.5) is 0 Å². The fourth-order valence-corrected chi connectivity index (χ4v) is 1.84. The molecule has 0 saturated carbocycles. The quantitative estimate of drug-likeness (QED) is 0.815. The lowest BCUT2D eigenvalue weighted by Gasteiger charge is -2.22. The molecule has 0 aliphatic rings. The van der Waals surface area contributed by atoms with Crippen LogP contribution in [-0.2, 0) is 6.54 Å². The number of rotatable bonds is 4. The molecular weight excluding hydrogens is 206 g/mol. The molecule has 0 aliphatic heterocycles. The van der Waals surface area contributed by atoms with E-state index in [1.807, 2.05) is 25.3 Å². The summed E-state index contributed by atoms with van der Waals surface area (Å²) in [5.74, 6) is 0. The van der Waals surface area contributed by atoms with E-state index < -0.39 is 0 Å². The van der Waals surface area contributed by atoms with E-state index in [4.69, 9.17) is 16.7 Å². The lowest BCUT2D eigenvalue weighted by molar-refractivity contribution is 0.188. The smallest absolute Gasteiger partial charge is 0.0607 e. The molecule has 0 bridgehead atoms. The molecule has 0 atom stereocenters. The number of aliphatic hydroxyl groups excluding tert-OH is 1. The first-order chi connectivity index (χ1) is 6.03. The minimum Gasteiger partial charge on any atom is -0.394 e. The van der Waals surface area contributed by atoms with E-state index >= 15 is 0 Å². The third-order valence-corrected chi connectivity index (χ3v) is 3.04. The van der Waals surface area contributed by atoms with Gasteiger partial charge >= 0.3 is 0 Å². The predicted molar refractivity (Wildman–Crippen MR) is 57.3 cm³/mol. The molecule has 1 aromatic rings. The summed E-state index contributed by atoms with van der Waals surface area (Å²) in [6.45, 7) is 4.81. The molecule has 0 aromatic carbocycles. The Morgan fingerprint density at radius 1 is 1.62 bits per heavy atom. The first-order valence-electron chi connectivity index (χ1n) is 4.12. The van der Waals surface area contributed by atoms with Gasteiger partial charge in [-0.05, 0) is 19.9 Å². The molecule has 0 spiro atoms. The Bertz CT molecular complexity index is 272. The van der Waals surface area contributed by atoms with Crippen LogP contribution in [0.2, 0.25) is 5.02 Å². The summed E-state index contributed by atoms with van der Waals surface area (Å²) in [5, 5.41) is 14.9. The maximum atomic E-state index is 8.99. The van der Waals surface area contributed by atoms with E-state index in [-0.39, 0.29) is 12.1 Å². The molecule has 2 N–H and O–H groups in total. The second kappa shape index (κ2) is 4.42. The average Bonchev–Trinajstić information content (AvgIpc) is 2.48. The van der Waals surface area contributed by atoms with Gasteiger partial charge in [0.25, 0.3) is 0 Å². The van der Waals surface area contributed by atoms with Crippen molar-refractivity contribution in [1.29, 1.82) is 0 Å². The van der Waals surface area contributed by atoms with Crippen LogP contribution in [0, 0.1) is 0 Å². The van der Waals surface area contributed by atoms with Gasteiger partial charge in [0.15, 0.2) is 0 Å². The predicted octanol–water partition coefficient (Wildman–Crippen LogP) is 2.26. The molecule has 0 amide bonds. The van der Waals surface area contributed by atoms with Gasteiger partial charge in [-0.3, -0.25) is 0 Å². The first-order valence-corrected chi connectivity index (χ1v) is 5.38. The normalized spacial score (nSPS) is 12.0. The van der Waals surface area contributed by atoms with Crippen molar-refractivity contribution in [3.8, 4) is 0 Å². The van der Waals surface area contributed by atoms with Crippen LogP contribution in [0.15, 0.2) is 11.4 Å². The van der Waals surface area contributed by atoms with E-state index in [0.29, 0.717) is 0 Å². The Balaban J connectivity index is 2.43. The van der Waals surface area contributed by atoms with Gasteiger partial charge in [0, 0.05) is 22.3 Å². The van der Waals surface area contributed by atoms with Gasteiger partial charge in [-0.25, -0.2) is 0 Å². The van der Waals surface area contributed by atoms with Crippen LogP contribution in [-0.4, -0.2) is 17.3 Å². The summed E-state index contributed by atoms with van der Waals surface area (Å²) in [4.78, 5) is 1.19. The first kappa shape index (κ1) is 11.0. The highest BCUT2D eigenvalue weighted by atomic mass is 35.5. The highest BCUT2D eigenvalue weighted by Crippen LogP contribution is 2.19. The summed E-state index contributed by atoms with van der Waals surface area (Å²) in [6.07, 6.45) is 0. The Kier molecular flexibility index (Phi) is 3.74. The molecule has 0 fully saturated rings. The monoisotopic (exact) mass is 219 g/mol. The lowest BCUT2D eigenvalue weighted by atomic mass is 10.1. The molecule has 4 heteroatoms. The molecule has 0 radical (unpaired) electrons. The van der Waals surface area contributed by atoms with Crippen molar-refractivity contribution in [2.24, 2.45) is 0 Å². The van der Waals surface area contributed by atoms with Crippen molar-refractivity contribution in [1.82, 2.24) is 5.32 Å². The number of halogens is 1. The summed E-state index contributed by atoms with van der Waals surface area (Å²) in [6, 6.07) is 1.94. The van der Waals surface area contributed by atoms with Crippen molar-refractivity contribution >= 4 is 22.9 Å². The molecule has 13 heavy (non-hydrogen) atoms. The Labute approximate surface area is 87.5 Å². The summed E-state index contributed by atoms with van der Waals surface area (Å²) >= 11 is 7.40. The molecule has 74 valence electrons. The van der Waals surface area contributed by atoms with Crippen LogP contribution >= 0.6 is 22.9 Å². The zero-order chi connectivity index (χ0) is 9.90. The van der Waals surface area contributed by atoms with Crippen LogP contribution < -0.4 is 5.32 Å². The summed E-state index contributed by atoms with van der Waals surface area (Å²) < 4.78 is 0. The highest BCUT2D eigenvalue weighted by molar-refractivity contribution is 7.10.